The number of rotatable bonds is 9. The molecule has 4 aliphatic carbocycles. The number of benzene rings is 1. The van der Waals surface area contributed by atoms with Gasteiger partial charge in [0.2, 0.25) is 0 Å². The Kier molecular flexibility index (Phi) is 8.02. The van der Waals surface area contributed by atoms with E-state index in [1.807, 2.05) is 47.5 Å². The van der Waals surface area contributed by atoms with Crippen LogP contribution in [0.2, 0.25) is 0 Å². The minimum absolute atomic E-state index is 0.0181. The third-order valence-electron chi connectivity index (χ3n) is 13.8. The summed E-state index contributed by atoms with van der Waals surface area (Å²) in [6, 6.07) is 7.38. The molecule has 1 aromatic carbocycles. The van der Waals surface area contributed by atoms with Gasteiger partial charge in [-0.05, 0) is 93.1 Å². The van der Waals surface area contributed by atoms with E-state index in [1.54, 1.807) is 7.11 Å². The molecule has 3 fully saturated rings. The smallest absolute Gasteiger partial charge is 0.308 e. The maximum Gasteiger partial charge on any atom is 0.308 e. The average Bonchev–Trinajstić information content (AvgIpc) is 3.43. The van der Waals surface area contributed by atoms with E-state index >= 15 is 0 Å². The molecule has 2 spiro atoms. The lowest BCUT2D eigenvalue weighted by molar-refractivity contribution is -0.211. The van der Waals surface area contributed by atoms with E-state index in [-0.39, 0.29) is 58.6 Å². The van der Waals surface area contributed by atoms with Crippen molar-refractivity contribution in [2.45, 2.75) is 103 Å². The van der Waals surface area contributed by atoms with Gasteiger partial charge in [-0.15, -0.1) is 0 Å². The van der Waals surface area contributed by atoms with E-state index in [0.717, 1.165) is 38.5 Å². The lowest BCUT2D eigenvalue weighted by Crippen LogP contribution is -2.78. The highest BCUT2D eigenvalue weighted by molar-refractivity contribution is 5.80. The molecule has 254 valence electrons. The summed E-state index contributed by atoms with van der Waals surface area (Å²) in [5.74, 6) is 0.888. The largest absolute Gasteiger partial charge is 0.466 e. The number of hydrogen-bond donors (Lipinski definition) is 0. The molecule has 0 N–H and O–H groups in total. The molecule has 6 aliphatic rings. The fraction of sp³-hybridized carbons (Fsp3) is 0.667. The van der Waals surface area contributed by atoms with Crippen LogP contribution in [-0.4, -0.2) is 41.9 Å². The zero-order chi connectivity index (χ0) is 33.4. The van der Waals surface area contributed by atoms with Gasteiger partial charge in [-0.2, -0.15) is 0 Å². The van der Waals surface area contributed by atoms with Crippen LogP contribution in [0, 0.1) is 40.4 Å². The average molecular weight is 645 g/mol. The fourth-order valence-electron chi connectivity index (χ4n) is 11.7. The van der Waals surface area contributed by atoms with E-state index in [9.17, 15) is 14.4 Å². The zero-order valence-electron chi connectivity index (χ0n) is 29.0. The summed E-state index contributed by atoms with van der Waals surface area (Å²) in [6.07, 6.45) is 16.5. The highest BCUT2D eigenvalue weighted by Gasteiger charge is 2.74. The number of aromatic nitrogens is 2. The molecule has 1 aromatic heterocycles. The van der Waals surface area contributed by atoms with Crippen molar-refractivity contribution in [1.29, 1.82) is 0 Å². The number of allylic oxidation sites excluding steroid dienone is 4. The van der Waals surface area contributed by atoms with Gasteiger partial charge in [-0.3, -0.25) is 14.4 Å². The van der Waals surface area contributed by atoms with Gasteiger partial charge in [0.15, 0.2) is 0 Å². The molecule has 2 aromatic rings. The van der Waals surface area contributed by atoms with Crippen molar-refractivity contribution in [2.75, 3.05) is 20.5 Å². The first-order valence-corrected chi connectivity index (χ1v) is 17.9. The van der Waals surface area contributed by atoms with Crippen molar-refractivity contribution < 1.29 is 19.0 Å². The van der Waals surface area contributed by atoms with E-state index in [4.69, 9.17) is 14.2 Å². The fourth-order valence-corrected chi connectivity index (χ4v) is 11.7. The lowest BCUT2D eigenvalue weighted by atomic mass is 9.40. The van der Waals surface area contributed by atoms with Gasteiger partial charge >= 0.3 is 5.97 Å². The summed E-state index contributed by atoms with van der Waals surface area (Å²) in [5.41, 5.74) is -1.59. The maximum atomic E-state index is 14.9. The third kappa shape index (κ3) is 4.35. The SMILES string of the molecule is CCOC(=O)C(C)C/C=C/[C@@H](C)[C@H]1CC[C@@H]2[C@]1(C)CC[C@H]1[C@@]23C=CC2(CC(OCOC)CC[C@]12C)n1c(=O)c2ccccc2c(=O)n13. The summed E-state index contributed by atoms with van der Waals surface area (Å²) < 4.78 is 20.6. The van der Waals surface area contributed by atoms with Crippen molar-refractivity contribution in [1.82, 2.24) is 9.36 Å². The van der Waals surface area contributed by atoms with Crippen LogP contribution in [0.4, 0.5) is 0 Å². The van der Waals surface area contributed by atoms with E-state index in [0.29, 0.717) is 42.1 Å². The van der Waals surface area contributed by atoms with Crippen LogP contribution < -0.4 is 11.1 Å². The van der Waals surface area contributed by atoms with Gasteiger partial charge in [0, 0.05) is 18.9 Å². The number of ether oxygens (including phenoxy) is 3. The van der Waals surface area contributed by atoms with Crippen LogP contribution in [0.1, 0.15) is 86.0 Å². The Labute approximate surface area is 278 Å². The van der Waals surface area contributed by atoms with E-state index in [1.165, 1.54) is 0 Å². The minimum atomic E-state index is -0.659. The molecule has 0 amide bonds. The predicted octanol–water partition coefficient (Wildman–Crippen LogP) is 6.54. The van der Waals surface area contributed by atoms with Gasteiger partial charge in [0.25, 0.3) is 11.1 Å². The molecule has 3 unspecified atom stereocenters. The Morgan fingerprint density at radius 1 is 0.979 bits per heavy atom. The standard InChI is InChI=1S/C39H52N2O6/c1-7-46-35(44)26(3)12-10-11-25(2)30-15-16-31-36(30,4)19-18-32-37(5)20-17-27(47-24-45-6)23-38(37)21-22-39(31,32)41-34(43)29-14-9-8-13-28(29)33(42)40(38)41/h8-11,13-14,21-22,25-27,30-32H,7,12,15-20,23-24H2,1-6H3/b11-10+/t25-,26?,27?,30-,31-,32-,36-,37-,38?,39-/m1/s1. The van der Waals surface area contributed by atoms with Crippen molar-refractivity contribution in [3.63, 3.8) is 0 Å². The first-order valence-electron chi connectivity index (χ1n) is 17.9. The van der Waals surface area contributed by atoms with Crippen LogP contribution >= 0.6 is 0 Å². The minimum Gasteiger partial charge on any atom is -0.466 e. The van der Waals surface area contributed by atoms with Crippen LogP contribution in [0.5, 0.6) is 0 Å². The molecule has 2 bridgehead atoms. The van der Waals surface area contributed by atoms with E-state index < -0.39 is 11.1 Å². The van der Waals surface area contributed by atoms with E-state index in [2.05, 4.69) is 45.1 Å². The molecule has 0 saturated heterocycles. The Morgan fingerprint density at radius 2 is 1.70 bits per heavy atom. The molecule has 8 heteroatoms. The first kappa shape index (κ1) is 32.6. The summed E-state index contributed by atoms with van der Waals surface area (Å²) in [4.78, 5) is 41.9. The second-order valence-electron chi connectivity index (χ2n) is 15.8. The molecule has 0 radical (unpaired) electrons. The topological polar surface area (TPSA) is 88.8 Å². The summed E-state index contributed by atoms with van der Waals surface area (Å²) in [7, 11) is 1.64. The number of hydrogen-bond acceptors (Lipinski definition) is 6. The van der Waals surface area contributed by atoms with Gasteiger partial charge in [0.1, 0.15) is 6.79 Å². The Bertz CT molecular complexity index is 1740. The van der Waals surface area contributed by atoms with Crippen LogP contribution in [0.25, 0.3) is 10.8 Å². The number of carbonyl (C=O) groups is 1. The molecule has 8 nitrogen and oxygen atoms in total. The lowest BCUT2D eigenvalue weighted by Gasteiger charge is -2.72. The number of carbonyl (C=O) groups excluding carboxylic acids is 1. The van der Waals surface area contributed by atoms with Gasteiger partial charge in [-0.1, -0.05) is 64.1 Å². The number of fused-ring (bicyclic) bond motifs is 2. The van der Waals surface area contributed by atoms with Gasteiger partial charge < -0.3 is 14.2 Å². The highest BCUT2D eigenvalue weighted by atomic mass is 16.7. The zero-order valence-corrected chi connectivity index (χ0v) is 29.0. The molecular formula is C39H52N2O6. The molecule has 47 heavy (non-hydrogen) atoms. The predicted molar refractivity (Wildman–Crippen MR) is 182 cm³/mol. The van der Waals surface area contributed by atoms with Gasteiger partial charge in [-0.25, -0.2) is 9.36 Å². The van der Waals surface area contributed by atoms with Crippen LogP contribution in [0.15, 0.2) is 58.2 Å². The van der Waals surface area contributed by atoms with Crippen LogP contribution in [0.3, 0.4) is 0 Å². The summed E-state index contributed by atoms with van der Waals surface area (Å²) in [6.45, 7) is 11.6. The summed E-state index contributed by atoms with van der Waals surface area (Å²) in [5, 5.41) is 1.01. The van der Waals surface area contributed by atoms with Crippen LogP contribution in [-0.2, 0) is 30.1 Å². The molecule has 2 aliphatic heterocycles. The van der Waals surface area contributed by atoms with Crippen molar-refractivity contribution in [2.24, 2.45) is 40.4 Å². The molecule has 10 atom stereocenters. The Morgan fingerprint density at radius 3 is 2.40 bits per heavy atom. The Balaban J connectivity index is 1.34. The first-order chi connectivity index (χ1) is 22.5. The van der Waals surface area contributed by atoms with Crippen molar-refractivity contribution in [3.05, 3.63) is 69.3 Å². The Hall–Kier alpha value is -2.97. The number of methoxy groups -OCH3 is 1. The maximum absolute atomic E-state index is 14.9. The molecular weight excluding hydrogens is 592 g/mol. The second kappa shape index (κ2) is 11.6. The third-order valence-corrected chi connectivity index (χ3v) is 13.8. The number of nitrogens with zero attached hydrogens (tertiary/aromatic N) is 2. The monoisotopic (exact) mass is 644 g/mol. The molecule has 3 saturated carbocycles. The molecule has 3 heterocycles. The second-order valence-corrected chi connectivity index (χ2v) is 15.8. The quantitative estimate of drug-likeness (QED) is 0.175. The number of esters is 1. The van der Waals surface area contributed by atoms with Crippen molar-refractivity contribution in [3.8, 4) is 0 Å². The highest BCUT2D eigenvalue weighted by Crippen LogP contribution is 2.74. The molecule has 8 rings (SSSR count). The summed E-state index contributed by atoms with van der Waals surface area (Å²) >= 11 is 0. The van der Waals surface area contributed by atoms with Crippen molar-refractivity contribution >= 4 is 16.7 Å². The van der Waals surface area contributed by atoms with Gasteiger partial charge in [0.05, 0.1) is 40.5 Å². The normalized spacial score (nSPS) is 38.1.